The Morgan fingerprint density at radius 3 is 2.65 bits per heavy atom. The first-order valence-corrected chi connectivity index (χ1v) is 5.26. The van der Waals surface area contributed by atoms with E-state index in [4.69, 9.17) is 5.11 Å². The summed E-state index contributed by atoms with van der Waals surface area (Å²) >= 11 is 0. The van der Waals surface area contributed by atoms with Crippen LogP contribution < -0.4 is 4.90 Å². The number of hydrogen-bond donors (Lipinski definition) is 1. The number of aliphatic carboxylic acids is 1. The van der Waals surface area contributed by atoms with Crippen LogP contribution in [0, 0.1) is 17.7 Å². The van der Waals surface area contributed by atoms with Crippen molar-refractivity contribution in [2.75, 3.05) is 11.9 Å². The Balaban J connectivity index is 2.09. The number of carbonyl (C=O) groups excluding carboxylic acids is 1. The number of halogens is 1. The summed E-state index contributed by atoms with van der Waals surface area (Å²) in [5.41, 5.74) is 0.436. The quantitative estimate of drug-likeness (QED) is 0.866. The van der Waals surface area contributed by atoms with Gasteiger partial charge in [0.05, 0.1) is 11.8 Å². The van der Waals surface area contributed by atoms with Crippen molar-refractivity contribution in [2.24, 2.45) is 11.8 Å². The number of rotatable bonds is 3. The highest BCUT2D eigenvalue weighted by Gasteiger charge is 2.49. The minimum atomic E-state index is -0.948. The second-order valence-electron chi connectivity index (χ2n) is 4.16. The van der Waals surface area contributed by atoms with E-state index in [9.17, 15) is 14.0 Å². The van der Waals surface area contributed by atoms with Crippen LogP contribution in [-0.2, 0) is 9.59 Å². The summed E-state index contributed by atoms with van der Waals surface area (Å²) in [5, 5.41) is 8.74. The van der Waals surface area contributed by atoms with E-state index in [2.05, 4.69) is 0 Å². The van der Waals surface area contributed by atoms with Crippen molar-refractivity contribution in [3.8, 4) is 0 Å². The van der Waals surface area contributed by atoms with Gasteiger partial charge in [-0.25, -0.2) is 4.39 Å². The van der Waals surface area contributed by atoms with E-state index in [0.29, 0.717) is 12.1 Å². The van der Waals surface area contributed by atoms with E-state index < -0.39 is 23.6 Å². The average Bonchev–Trinajstić information content (AvgIpc) is 3.07. The normalized spacial score (nSPS) is 22.0. The SMILES string of the molecule is CN(C(=O)[C@@H]1C[C@@H]1C(=O)O)c1cccc(F)c1. The molecule has 1 aromatic rings. The van der Waals surface area contributed by atoms with Crippen molar-refractivity contribution in [3.63, 3.8) is 0 Å². The molecule has 1 aromatic carbocycles. The lowest BCUT2D eigenvalue weighted by atomic mass is 10.2. The monoisotopic (exact) mass is 237 g/mol. The molecule has 2 atom stereocenters. The van der Waals surface area contributed by atoms with Crippen LogP contribution in [0.2, 0.25) is 0 Å². The summed E-state index contributed by atoms with van der Waals surface area (Å²) in [6.07, 6.45) is 0.369. The first-order valence-electron chi connectivity index (χ1n) is 5.26. The van der Waals surface area contributed by atoms with Crippen LogP contribution in [0.1, 0.15) is 6.42 Å². The molecule has 4 nitrogen and oxygen atoms in total. The third-order valence-electron chi connectivity index (χ3n) is 2.95. The van der Waals surface area contributed by atoms with E-state index in [0.717, 1.165) is 0 Å². The number of carboxylic acid groups (broad SMARTS) is 1. The van der Waals surface area contributed by atoms with Gasteiger partial charge in [0.15, 0.2) is 0 Å². The number of amides is 1. The Labute approximate surface area is 97.7 Å². The first kappa shape index (κ1) is 11.6. The second-order valence-corrected chi connectivity index (χ2v) is 4.16. The summed E-state index contributed by atoms with van der Waals surface area (Å²) in [5.74, 6) is -2.70. The summed E-state index contributed by atoms with van der Waals surface area (Å²) in [6, 6.07) is 5.66. The highest BCUT2D eigenvalue weighted by Crippen LogP contribution is 2.40. The van der Waals surface area contributed by atoms with Gasteiger partial charge >= 0.3 is 5.97 Å². The smallest absolute Gasteiger partial charge is 0.307 e. The molecule has 1 aliphatic rings. The van der Waals surface area contributed by atoms with E-state index in [1.54, 1.807) is 6.07 Å². The molecule has 0 aromatic heterocycles. The van der Waals surface area contributed by atoms with Crippen molar-refractivity contribution in [1.29, 1.82) is 0 Å². The Morgan fingerprint density at radius 1 is 1.41 bits per heavy atom. The molecular weight excluding hydrogens is 225 g/mol. The van der Waals surface area contributed by atoms with E-state index in [1.165, 1.54) is 30.1 Å². The molecule has 1 aliphatic carbocycles. The molecule has 0 heterocycles. The van der Waals surface area contributed by atoms with Gasteiger partial charge in [0, 0.05) is 12.7 Å². The Bertz CT molecular complexity index is 475. The van der Waals surface area contributed by atoms with Crippen molar-refractivity contribution < 1.29 is 19.1 Å². The molecule has 5 heteroatoms. The number of benzene rings is 1. The molecular formula is C12H12FNO3. The summed E-state index contributed by atoms with van der Waals surface area (Å²) in [7, 11) is 1.52. The number of anilines is 1. The van der Waals surface area contributed by atoms with Gasteiger partial charge in [0.1, 0.15) is 5.82 Å². The van der Waals surface area contributed by atoms with Crippen LogP contribution in [0.3, 0.4) is 0 Å². The minimum Gasteiger partial charge on any atom is -0.481 e. The topological polar surface area (TPSA) is 57.6 Å². The fourth-order valence-electron chi connectivity index (χ4n) is 1.80. The predicted molar refractivity (Wildman–Crippen MR) is 59.0 cm³/mol. The van der Waals surface area contributed by atoms with Crippen molar-refractivity contribution in [3.05, 3.63) is 30.1 Å². The molecule has 1 N–H and O–H groups in total. The van der Waals surface area contributed by atoms with Crippen molar-refractivity contribution >= 4 is 17.6 Å². The van der Waals surface area contributed by atoms with Gasteiger partial charge < -0.3 is 10.0 Å². The number of carboxylic acids is 1. The molecule has 0 spiro atoms. The lowest BCUT2D eigenvalue weighted by molar-refractivity contribution is -0.139. The molecule has 90 valence electrons. The minimum absolute atomic E-state index is 0.275. The van der Waals surface area contributed by atoms with Gasteiger partial charge in [-0.3, -0.25) is 9.59 Å². The summed E-state index contributed by atoms with van der Waals surface area (Å²) < 4.78 is 13.0. The highest BCUT2D eigenvalue weighted by atomic mass is 19.1. The number of nitrogens with zero attached hydrogens (tertiary/aromatic N) is 1. The van der Waals surface area contributed by atoms with Gasteiger partial charge in [-0.1, -0.05) is 6.07 Å². The Morgan fingerprint density at radius 2 is 2.12 bits per heavy atom. The van der Waals surface area contributed by atoms with Crippen LogP contribution in [0.15, 0.2) is 24.3 Å². The molecule has 0 radical (unpaired) electrons. The molecule has 1 amide bonds. The van der Waals surface area contributed by atoms with Crippen LogP contribution >= 0.6 is 0 Å². The second kappa shape index (κ2) is 4.16. The maximum atomic E-state index is 13.0. The Hall–Kier alpha value is -1.91. The maximum Gasteiger partial charge on any atom is 0.307 e. The molecule has 2 rings (SSSR count). The van der Waals surface area contributed by atoms with Crippen molar-refractivity contribution in [1.82, 2.24) is 0 Å². The van der Waals surface area contributed by atoms with Gasteiger partial charge in [-0.05, 0) is 24.6 Å². The number of hydrogen-bond acceptors (Lipinski definition) is 2. The van der Waals surface area contributed by atoms with E-state index >= 15 is 0 Å². The molecule has 1 saturated carbocycles. The van der Waals surface area contributed by atoms with Crippen molar-refractivity contribution in [2.45, 2.75) is 6.42 Å². The van der Waals surface area contributed by atoms with Gasteiger partial charge in [-0.15, -0.1) is 0 Å². The zero-order valence-corrected chi connectivity index (χ0v) is 9.26. The lowest BCUT2D eigenvalue weighted by Gasteiger charge is -2.17. The molecule has 0 unspecified atom stereocenters. The average molecular weight is 237 g/mol. The standard InChI is InChI=1S/C12H12FNO3/c1-14(8-4-2-3-7(13)5-8)11(15)9-6-10(9)12(16)17/h2-5,9-10H,6H2,1H3,(H,16,17)/t9-,10+/m1/s1. The fourth-order valence-corrected chi connectivity index (χ4v) is 1.80. The van der Waals surface area contributed by atoms with Crippen LogP contribution in [0.4, 0.5) is 10.1 Å². The zero-order valence-electron chi connectivity index (χ0n) is 9.26. The van der Waals surface area contributed by atoms with E-state index in [-0.39, 0.29) is 5.91 Å². The third kappa shape index (κ3) is 2.27. The fraction of sp³-hybridized carbons (Fsp3) is 0.333. The van der Waals surface area contributed by atoms with Gasteiger partial charge in [0.25, 0.3) is 0 Å². The molecule has 1 fully saturated rings. The Kier molecular flexibility index (Phi) is 2.83. The molecule has 17 heavy (non-hydrogen) atoms. The largest absolute Gasteiger partial charge is 0.481 e. The van der Waals surface area contributed by atoms with Gasteiger partial charge in [-0.2, -0.15) is 0 Å². The summed E-state index contributed by atoms with van der Waals surface area (Å²) in [6.45, 7) is 0. The third-order valence-corrected chi connectivity index (χ3v) is 2.95. The molecule has 0 saturated heterocycles. The molecule has 0 bridgehead atoms. The first-order chi connectivity index (χ1) is 8.00. The summed E-state index contributed by atoms with van der Waals surface area (Å²) in [4.78, 5) is 23.8. The highest BCUT2D eigenvalue weighted by molar-refractivity contribution is 5.99. The predicted octanol–water partition coefficient (Wildman–Crippen LogP) is 1.51. The van der Waals surface area contributed by atoms with Crippen LogP contribution in [-0.4, -0.2) is 24.0 Å². The zero-order chi connectivity index (χ0) is 12.6. The molecule has 0 aliphatic heterocycles. The number of carbonyl (C=O) groups is 2. The maximum absolute atomic E-state index is 13.0. The lowest BCUT2D eigenvalue weighted by Crippen LogP contribution is -2.29. The van der Waals surface area contributed by atoms with Crippen LogP contribution in [0.5, 0.6) is 0 Å². The van der Waals surface area contributed by atoms with E-state index in [1.807, 2.05) is 0 Å². The van der Waals surface area contributed by atoms with Crippen LogP contribution in [0.25, 0.3) is 0 Å². The van der Waals surface area contributed by atoms with Gasteiger partial charge in [0.2, 0.25) is 5.91 Å².